The van der Waals surface area contributed by atoms with E-state index in [0.717, 1.165) is 5.56 Å². The molecule has 134 valence electrons. The number of amides is 1. The minimum Gasteiger partial charge on any atom is -0.493 e. The van der Waals surface area contributed by atoms with Gasteiger partial charge in [-0.2, -0.15) is 0 Å². The molecule has 0 atom stereocenters. The van der Waals surface area contributed by atoms with Crippen LogP contribution in [0.15, 0.2) is 41.3 Å². The highest BCUT2D eigenvalue weighted by Crippen LogP contribution is 2.32. The fourth-order valence-electron chi connectivity index (χ4n) is 2.20. The summed E-state index contributed by atoms with van der Waals surface area (Å²) in [5.74, 6) is -0.372. The summed E-state index contributed by atoms with van der Waals surface area (Å²) in [6.45, 7) is 1.77. The molecule has 0 fully saturated rings. The van der Waals surface area contributed by atoms with Crippen LogP contribution in [0.3, 0.4) is 0 Å². The van der Waals surface area contributed by atoms with Crippen LogP contribution in [-0.2, 0) is 14.6 Å². The topological polar surface area (TPSA) is 81.7 Å². The van der Waals surface area contributed by atoms with Crippen molar-refractivity contribution >= 4 is 33.0 Å². The number of benzene rings is 2. The number of aryl methyl sites for hydroxylation is 1. The molecule has 0 aromatic heterocycles. The van der Waals surface area contributed by atoms with Crippen molar-refractivity contribution < 1.29 is 22.7 Å². The van der Waals surface area contributed by atoms with Gasteiger partial charge < -0.3 is 14.8 Å². The zero-order chi connectivity index (χ0) is 18.6. The van der Waals surface area contributed by atoms with Crippen molar-refractivity contribution in [3.8, 4) is 11.5 Å². The molecule has 6 nitrogen and oxygen atoms in total. The molecule has 0 aliphatic heterocycles. The number of sulfone groups is 1. The lowest BCUT2D eigenvalue weighted by atomic mass is 10.1. The van der Waals surface area contributed by atoms with Gasteiger partial charge in [0.1, 0.15) is 5.75 Å². The Balaban J connectivity index is 2.18. The number of carbonyl (C=O) groups is 1. The van der Waals surface area contributed by atoms with Crippen LogP contribution in [0.2, 0.25) is 5.02 Å². The zero-order valence-electron chi connectivity index (χ0n) is 14.0. The Bertz CT molecular complexity index is 879. The van der Waals surface area contributed by atoms with Gasteiger partial charge in [-0.15, -0.1) is 0 Å². The van der Waals surface area contributed by atoms with Crippen molar-refractivity contribution in [1.82, 2.24) is 0 Å². The summed E-state index contributed by atoms with van der Waals surface area (Å²) in [4.78, 5) is 12.2. The molecule has 0 unspecified atom stereocenters. The molecule has 1 amide bonds. The van der Waals surface area contributed by atoms with Crippen LogP contribution in [0.25, 0.3) is 0 Å². The van der Waals surface area contributed by atoms with E-state index in [2.05, 4.69) is 5.32 Å². The maximum Gasteiger partial charge on any atom is 0.239 e. The van der Waals surface area contributed by atoms with Crippen molar-refractivity contribution in [1.29, 1.82) is 0 Å². The second-order valence-corrected chi connectivity index (χ2v) is 7.71. The molecule has 25 heavy (non-hydrogen) atoms. The summed E-state index contributed by atoms with van der Waals surface area (Å²) in [6, 6.07) is 8.94. The average molecular weight is 384 g/mol. The quantitative estimate of drug-likeness (QED) is 0.828. The maximum atomic E-state index is 12.3. The van der Waals surface area contributed by atoms with Crippen LogP contribution >= 0.6 is 11.6 Å². The molecular formula is C17H18ClNO5S. The summed E-state index contributed by atoms with van der Waals surface area (Å²) < 4.78 is 35.0. The fraction of sp³-hybridized carbons (Fsp3) is 0.235. The van der Waals surface area contributed by atoms with Crippen molar-refractivity contribution in [3.05, 3.63) is 47.0 Å². The Kier molecular flexibility index (Phi) is 5.92. The number of hydrogen-bond donors (Lipinski definition) is 1. The van der Waals surface area contributed by atoms with E-state index in [1.54, 1.807) is 19.1 Å². The van der Waals surface area contributed by atoms with Gasteiger partial charge in [-0.25, -0.2) is 8.42 Å². The molecule has 0 aliphatic carbocycles. The van der Waals surface area contributed by atoms with Gasteiger partial charge in [0.25, 0.3) is 0 Å². The Hall–Kier alpha value is -2.25. The highest BCUT2D eigenvalue weighted by atomic mass is 35.5. The molecule has 0 saturated carbocycles. The second-order valence-electron chi connectivity index (χ2n) is 5.28. The van der Waals surface area contributed by atoms with Crippen molar-refractivity contribution in [3.63, 3.8) is 0 Å². The third-order valence-electron chi connectivity index (χ3n) is 3.50. The molecule has 0 aliphatic rings. The highest BCUT2D eigenvalue weighted by Gasteiger charge is 2.20. The molecule has 2 aromatic rings. The van der Waals surface area contributed by atoms with E-state index in [1.165, 1.54) is 38.5 Å². The lowest BCUT2D eigenvalue weighted by Gasteiger charge is -2.13. The molecule has 2 aromatic carbocycles. The van der Waals surface area contributed by atoms with Crippen LogP contribution in [0.1, 0.15) is 5.56 Å². The number of ether oxygens (including phenoxy) is 2. The van der Waals surface area contributed by atoms with Crippen LogP contribution < -0.4 is 14.8 Å². The molecule has 0 bridgehead atoms. The van der Waals surface area contributed by atoms with Crippen molar-refractivity contribution in [2.45, 2.75) is 11.8 Å². The van der Waals surface area contributed by atoms with Crippen LogP contribution in [0.4, 0.5) is 5.69 Å². The van der Waals surface area contributed by atoms with E-state index >= 15 is 0 Å². The highest BCUT2D eigenvalue weighted by molar-refractivity contribution is 7.92. The van der Waals surface area contributed by atoms with Crippen LogP contribution in [0, 0.1) is 6.92 Å². The first-order valence-electron chi connectivity index (χ1n) is 7.27. The average Bonchev–Trinajstić information content (AvgIpc) is 2.56. The second kappa shape index (κ2) is 7.76. The van der Waals surface area contributed by atoms with E-state index in [0.29, 0.717) is 22.2 Å². The first-order chi connectivity index (χ1) is 11.8. The molecular weight excluding hydrogens is 366 g/mol. The number of rotatable bonds is 6. The van der Waals surface area contributed by atoms with E-state index < -0.39 is 21.5 Å². The predicted octanol–water partition coefficient (Wildman–Crippen LogP) is 3.08. The van der Waals surface area contributed by atoms with Gasteiger partial charge in [-0.1, -0.05) is 11.6 Å². The molecule has 8 heteroatoms. The largest absolute Gasteiger partial charge is 0.493 e. The van der Waals surface area contributed by atoms with Crippen LogP contribution in [-0.4, -0.2) is 34.3 Å². The third-order valence-corrected chi connectivity index (χ3v) is 5.38. The Morgan fingerprint density at radius 1 is 1.08 bits per heavy atom. The molecule has 1 N–H and O–H groups in total. The van der Waals surface area contributed by atoms with Crippen molar-refractivity contribution in [2.75, 3.05) is 25.3 Å². The standard InChI is InChI=1S/C17H18ClNO5S/c1-11-8-15(23-2)16(24-3)9-14(11)19-17(20)10-25(21,22)13-6-4-12(18)5-7-13/h4-9H,10H2,1-3H3,(H,19,20). The summed E-state index contributed by atoms with van der Waals surface area (Å²) in [5, 5.41) is 3.01. The maximum absolute atomic E-state index is 12.3. The monoisotopic (exact) mass is 383 g/mol. The Morgan fingerprint density at radius 2 is 1.64 bits per heavy atom. The SMILES string of the molecule is COc1cc(C)c(NC(=O)CS(=O)(=O)c2ccc(Cl)cc2)cc1OC. The van der Waals surface area contributed by atoms with Gasteiger partial charge in [0, 0.05) is 16.8 Å². The first kappa shape index (κ1) is 19.1. The summed E-state index contributed by atoms with van der Waals surface area (Å²) in [5.41, 5.74) is 1.17. The number of halogens is 1. The lowest BCUT2D eigenvalue weighted by molar-refractivity contribution is -0.113. The first-order valence-corrected chi connectivity index (χ1v) is 9.30. The Morgan fingerprint density at radius 3 is 2.20 bits per heavy atom. The smallest absolute Gasteiger partial charge is 0.239 e. The Labute approximate surface area is 151 Å². The van der Waals surface area contributed by atoms with E-state index in [-0.39, 0.29) is 4.90 Å². The minimum absolute atomic E-state index is 0.0380. The summed E-state index contributed by atoms with van der Waals surface area (Å²) in [7, 11) is -0.780. The third kappa shape index (κ3) is 4.64. The molecule has 0 heterocycles. The van der Waals surface area contributed by atoms with Gasteiger partial charge in [-0.05, 0) is 42.8 Å². The fourth-order valence-corrected chi connectivity index (χ4v) is 3.46. The molecule has 0 radical (unpaired) electrons. The summed E-state index contributed by atoms with van der Waals surface area (Å²) in [6.07, 6.45) is 0. The van der Waals surface area contributed by atoms with Gasteiger partial charge in [0.2, 0.25) is 5.91 Å². The van der Waals surface area contributed by atoms with Gasteiger partial charge in [0.05, 0.1) is 19.1 Å². The zero-order valence-corrected chi connectivity index (χ0v) is 15.6. The van der Waals surface area contributed by atoms with E-state index in [4.69, 9.17) is 21.1 Å². The van der Waals surface area contributed by atoms with Gasteiger partial charge in [-0.3, -0.25) is 4.79 Å². The number of anilines is 1. The number of methoxy groups -OCH3 is 2. The molecule has 2 rings (SSSR count). The normalized spacial score (nSPS) is 11.0. The number of carbonyl (C=O) groups excluding carboxylic acids is 1. The van der Waals surface area contributed by atoms with Gasteiger partial charge >= 0.3 is 0 Å². The van der Waals surface area contributed by atoms with Crippen LogP contribution in [0.5, 0.6) is 11.5 Å². The lowest BCUT2D eigenvalue weighted by Crippen LogP contribution is -2.23. The minimum atomic E-state index is -3.76. The van der Waals surface area contributed by atoms with Crippen molar-refractivity contribution in [2.24, 2.45) is 0 Å². The summed E-state index contributed by atoms with van der Waals surface area (Å²) >= 11 is 5.75. The number of hydrogen-bond acceptors (Lipinski definition) is 5. The molecule has 0 spiro atoms. The predicted molar refractivity (Wildman–Crippen MR) is 96.4 cm³/mol. The molecule has 0 saturated heterocycles. The van der Waals surface area contributed by atoms with E-state index in [9.17, 15) is 13.2 Å². The number of nitrogens with one attached hydrogen (secondary N) is 1. The van der Waals surface area contributed by atoms with Gasteiger partial charge in [0.15, 0.2) is 21.3 Å². The van der Waals surface area contributed by atoms with E-state index in [1.807, 2.05) is 0 Å².